The first-order valence-corrected chi connectivity index (χ1v) is 28.3. The molecule has 0 saturated carbocycles. The molecule has 60 heavy (non-hydrogen) atoms. The van der Waals surface area contributed by atoms with Crippen LogP contribution < -0.4 is 0 Å². The van der Waals surface area contributed by atoms with Crippen LogP contribution in [0.25, 0.3) is 0 Å². The van der Waals surface area contributed by atoms with E-state index in [2.05, 4.69) is 60.8 Å². The third-order valence-electron chi connectivity index (χ3n) is 11.3. The van der Waals surface area contributed by atoms with E-state index in [9.17, 15) is 9.59 Å². The minimum Gasteiger partial charge on any atom is -0.466 e. The molecule has 0 N–H and O–H groups in total. The predicted molar refractivity (Wildman–Crippen MR) is 275 cm³/mol. The van der Waals surface area contributed by atoms with Crippen LogP contribution in [0.2, 0.25) is 0 Å². The van der Waals surface area contributed by atoms with Crippen molar-refractivity contribution < 1.29 is 19.1 Å². The van der Waals surface area contributed by atoms with Gasteiger partial charge in [-0.1, -0.05) is 233 Å². The van der Waals surface area contributed by atoms with Gasteiger partial charge in [-0.3, -0.25) is 9.59 Å². The molecule has 0 amide bonds. The zero-order valence-electron chi connectivity index (χ0n) is 41.7. The highest BCUT2D eigenvalue weighted by Crippen LogP contribution is 2.24. The summed E-state index contributed by atoms with van der Waals surface area (Å²) in [7, 11) is 0. The monoisotopic (exact) mass is 885 g/mol. The Balaban J connectivity index is -0.000000924. The molecular formula is C54H108O4S2. The van der Waals surface area contributed by atoms with Crippen LogP contribution in [0.5, 0.6) is 0 Å². The highest BCUT2D eigenvalue weighted by atomic mass is 32.2. The lowest BCUT2D eigenvalue weighted by Gasteiger charge is -2.17. The van der Waals surface area contributed by atoms with Crippen molar-refractivity contribution in [2.75, 3.05) is 30.5 Å². The molecule has 0 aliphatic heterocycles. The molecule has 0 spiro atoms. The zero-order chi connectivity index (χ0) is 44.8. The van der Waals surface area contributed by atoms with Gasteiger partial charge in [-0.15, -0.1) is 0 Å². The maximum Gasteiger partial charge on any atom is 0.306 e. The molecular weight excluding hydrogens is 777 g/mol. The molecule has 0 aromatic heterocycles. The molecule has 4 nitrogen and oxygen atoms in total. The first-order valence-electron chi connectivity index (χ1n) is 26.5. The van der Waals surface area contributed by atoms with Gasteiger partial charge in [-0.05, 0) is 63.0 Å². The Morgan fingerprint density at radius 2 is 0.750 bits per heavy atom. The third kappa shape index (κ3) is 59.5. The molecule has 0 aromatic carbocycles. The summed E-state index contributed by atoms with van der Waals surface area (Å²) in [5.74, 6) is 3.43. The van der Waals surface area contributed by atoms with E-state index in [1.54, 1.807) is 0 Å². The average Bonchev–Trinajstić information content (AvgIpc) is 3.24. The summed E-state index contributed by atoms with van der Waals surface area (Å²) >= 11 is 5.88. The highest BCUT2D eigenvalue weighted by Gasteiger charge is 2.11. The van der Waals surface area contributed by atoms with Crippen LogP contribution in [0, 0.1) is 5.92 Å². The smallest absolute Gasteiger partial charge is 0.306 e. The Morgan fingerprint density at radius 1 is 0.433 bits per heavy atom. The average molecular weight is 886 g/mol. The van der Waals surface area contributed by atoms with Crippen LogP contribution in [0.15, 0.2) is 12.2 Å². The maximum atomic E-state index is 11.8. The summed E-state index contributed by atoms with van der Waals surface area (Å²) < 4.78 is 10.1. The molecule has 0 radical (unpaired) electrons. The van der Waals surface area contributed by atoms with Crippen molar-refractivity contribution in [2.45, 2.75) is 286 Å². The molecule has 0 bridgehead atoms. The Labute approximate surface area is 387 Å². The van der Waals surface area contributed by atoms with Crippen LogP contribution in [-0.2, 0) is 19.1 Å². The number of ether oxygens (including phenoxy) is 2. The van der Waals surface area contributed by atoms with E-state index in [4.69, 9.17) is 9.47 Å². The Morgan fingerprint density at radius 3 is 1.10 bits per heavy atom. The van der Waals surface area contributed by atoms with E-state index in [0.29, 0.717) is 31.8 Å². The third-order valence-corrected chi connectivity index (χ3v) is 12.8. The lowest BCUT2D eigenvalue weighted by atomic mass is 9.95. The molecule has 0 aliphatic carbocycles. The number of thioether (sulfide) groups is 1. The molecule has 0 fully saturated rings. The fourth-order valence-electron chi connectivity index (χ4n) is 7.18. The molecule has 360 valence electrons. The van der Waals surface area contributed by atoms with Crippen LogP contribution in [0.3, 0.4) is 0 Å². The van der Waals surface area contributed by atoms with Gasteiger partial charge in [-0.2, -0.15) is 24.4 Å². The van der Waals surface area contributed by atoms with Crippen LogP contribution in [-0.4, -0.2) is 42.4 Å². The van der Waals surface area contributed by atoms with Gasteiger partial charge in [0.2, 0.25) is 0 Å². The first kappa shape index (κ1) is 63.7. The van der Waals surface area contributed by atoms with Crippen molar-refractivity contribution in [1.29, 1.82) is 0 Å². The van der Waals surface area contributed by atoms with Crippen LogP contribution in [0.4, 0.5) is 0 Å². The predicted octanol–water partition coefficient (Wildman–Crippen LogP) is 18.8. The van der Waals surface area contributed by atoms with Crippen LogP contribution >= 0.6 is 24.4 Å². The topological polar surface area (TPSA) is 52.6 Å². The summed E-state index contributed by atoms with van der Waals surface area (Å²) in [5, 5.41) is 0. The van der Waals surface area contributed by atoms with Crippen molar-refractivity contribution in [3.05, 3.63) is 12.2 Å². The van der Waals surface area contributed by atoms with Crippen molar-refractivity contribution >= 4 is 36.3 Å². The van der Waals surface area contributed by atoms with Gasteiger partial charge >= 0.3 is 11.9 Å². The number of unbranched alkanes of at least 4 members (excludes halogenated alkanes) is 26. The van der Waals surface area contributed by atoms with Crippen molar-refractivity contribution in [2.24, 2.45) is 5.92 Å². The number of carbonyl (C=O) groups excluding carboxylic acids is 2. The second-order valence-corrected chi connectivity index (χ2v) is 19.2. The number of hydrogen-bond donors (Lipinski definition) is 1. The standard InChI is InChI=1S/C27H54O2S.C20H40.C7H14O2S/c1-4-7-10-12-14-15-17-19-21-26(20-18-16-13-11-8-5-2)25-30-24-22-27(28)29-23-9-6-3;1-4-6-8-10-12-13-15-17-19-20(3)18-16-14-11-9-7-5-2;1-2-3-5-9-7(8)4-6-10/h26H,4-25H2,1-3H3;3-19H2,1-2H3;10H,2-6H2,1H3. The van der Waals surface area contributed by atoms with E-state index in [1.807, 2.05) is 11.8 Å². The summed E-state index contributed by atoms with van der Waals surface area (Å²) in [6.07, 6.45) is 49.8. The van der Waals surface area contributed by atoms with Gasteiger partial charge in [0.15, 0.2) is 0 Å². The number of hydrogen-bond acceptors (Lipinski definition) is 6. The minimum absolute atomic E-state index is 0.00787. The fraction of sp³-hybridized carbons (Fsp3) is 0.926. The van der Waals surface area contributed by atoms with Crippen molar-refractivity contribution in [3.63, 3.8) is 0 Å². The molecule has 0 rings (SSSR count). The second-order valence-electron chi connectivity index (χ2n) is 17.6. The van der Waals surface area contributed by atoms with Gasteiger partial charge in [0.25, 0.3) is 0 Å². The molecule has 0 saturated heterocycles. The summed E-state index contributed by atoms with van der Waals surface area (Å²) in [4.78, 5) is 22.4. The fourth-order valence-corrected chi connectivity index (χ4v) is 8.51. The zero-order valence-corrected chi connectivity index (χ0v) is 43.4. The number of thiol groups is 1. The lowest BCUT2D eigenvalue weighted by molar-refractivity contribution is -0.144. The summed E-state index contributed by atoms with van der Waals surface area (Å²) in [5.41, 5.74) is 1.51. The Hall–Kier alpha value is -0.620. The van der Waals surface area contributed by atoms with Crippen LogP contribution in [0.1, 0.15) is 286 Å². The molecule has 0 aromatic rings. The quantitative estimate of drug-likeness (QED) is 0.0286. The number of allylic oxidation sites excluding steroid dienone is 1. The molecule has 1 atom stereocenters. The SMILES string of the molecule is C=C(CCCCCCCC)CCCCCCCCCC.CCCCCCCCCCC(CCCCCCCC)CSCCC(=O)OCCCC.CCCCOC(=O)CCS. The minimum atomic E-state index is -0.136. The van der Waals surface area contributed by atoms with Gasteiger partial charge in [0.05, 0.1) is 26.1 Å². The van der Waals surface area contributed by atoms with E-state index in [-0.39, 0.29) is 11.9 Å². The number of carbonyl (C=O) groups is 2. The molecule has 0 aliphatic rings. The Bertz CT molecular complexity index is 835. The van der Waals surface area contributed by atoms with E-state index in [0.717, 1.165) is 37.4 Å². The van der Waals surface area contributed by atoms with E-state index in [1.165, 1.54) is 217 Å². The Kier molecular flexibility index (Phi) is 61.9. The van der Waals surface area contributed by atoms with E-state index < -0.39 is 0 Å². The molecule has 6 heteroatoms. The largest absolute Gasteiger partial charge is 0.466 e. The lowest BCUT2D eigenvalue weighted by Crippen LogP contribution is -2.09. The number of esters is 2. The summed E-state index contributed by atoms with van der Waals surface area (Å²) in [6.45, 7) is 18.7. The summed E-state index contributed by atoms with van der Waals surface area (Å²) in [6, 6.07) is 0. The highest BCUT2D eigenvalue weighted by molar-refractivity contribution is 7.99. The maximum absolute atomic E-state index is 11.8. The molecule has 0 heterocycles. The van der Waals surface area contributed by atoms with Gasteiger partial charge in [0, 0.05) is 11.5 Å². The first-order chi connectivity index (χ1) is 29.4. The van der Waals surface area contributed by atoms with Crippen molar-refractivity contribution in [1.82, 2.24) is 0 Å². The van der Waals surface area contributed by atoms with E-state index >= 15 is 0 Å². The molecule has 1 unspecified atom stereocenters. The van der Waals surface area contributed by atoms with Gasteiger partial charge in [-0.25, -0.2) is 0 Å². The normalized spacial score (nSPS) is 11.3. The van der Waals surface area contributed by atoms with Gasteiger partial charge in [0.1, 0.15) is 0 Å². The van der Waals surface area contributed by atoms with Crippen molar-refractivity contribution in [3.8, 4) is 0 Å². The van der Waals surface area contributed by atoms with Gasteiger partial charge < -0.3 is 9.47 Å². The number of rotatable bonds is 45. The second kappa shape index (κ2) is 58.4.